The van der Waals surface area contributed by atoms with Gasteiger partial charge in [0.2, 0.25) is 11.9 Å². The van der Waals surface area contributed by atoms with E-state index in [2.05, 4.69) is 15.0 Å². The minimum Gasteiger partial charge on any atom is -0.508 e. The van der Waals surface area contributed by atoms with E-state index in [1.54, 1.807) is 19.0 Å². The Morgan fingerprint density at radius 1 is 1.27 bits per heavy atom. The first kappa shape index (κ1) is 15.3. The van der Waals surface area contributed by atoms with Crippen LogP contribution in [0.2, 0.25) is 0 Å². The Balaban J connectivity index is 2.11. The zero-order valence-corrected chi connectivity index (χ0v) is 12.0. The number of carbonyl (C=O) groups is 1. The first-order chi connectivity index (χ1) is 10.4. The van der Waals surface area contributed by atoms with E-state index in [4.69, 9.17) is 10.5 Å². The second kappa shape index (κ2) is 6.12. The van der Waals surface area contributed by atoms with Crippen LogP contribution >= 0.6 is 0 Å². The van der Waals surface area contributed by atoms with E-state index >= 15 is 0 Å². The maximum absolute atomic E-state index is 11.9. The molecule has 0 unspecified atom stereocenters. The van der Waals surface area contributed by atoms with Gasteiger partial charge in [-0.1, -0.05) is 0 Å². The minimum atomic E-state index is -0.775. The molecule has 0 saturated carbocycles. The van der Waals surface area contributed by atoms with E-state index in [0.717, 1.165) is 6.07 Å². The Morgan fingerprint density at radius 3 is 2.64 bits per heavy atom. The topological polar surface area (TPSA) is 135 Å². The zero-order valence-electron chi connectivity index (χ0n) is 12.0. The van der Waals surface area contributed by atoms with Gasteiger partial charge in [-0.2, -0.15) is 15.0 Å². The second-order valence-corrected chi connectivity index (χ2v) is 4.58. The molecule has 0 aliphatic carbocycles. The van der Waals surface area contributed by atoms with Gasteiger partial charge < -0.3 is 25.6 Å². The number of nitrogens with zero attached hydrogens (tertiary/aromatic N) is 4. The smallest absolute Gasteiger partial charge is 0.342 e. The lowest BCUT2D eigenvalue weighted by Crippen LogP contribution is -2.17. The van der Waals surface area contributed by atoms with Crippen molar-refractivity contribution in [3.8, 4) is 11.5 Å². The predicted molar refractivity (Wildman–Crippen MR) is 77.5 cm³/mol. The molecule has 0 atom stereocenters. The Bertz CT molecular complexity index is 705. The average Bonchev–Trinajstić information content (AvgIpc) is 2.44. The molecule has 9 nitrogen and oxygen atoms in total. The first-order valence-corrected chi connectivity index (χ1v) is 6.23. The van der Waals surface area contributed by atoms with Crippen molar-refractivity contribution in [1.82, 2.24) is 15.0 Å². The fourth-order valence-electron chi connectivity index (χ4n) is 1.59. The predicted octanol–water partition coefficient (Wildman–Crippen LogP) is 0.288. The molecule has 4 N–H and O–H groups in total. The molecule has 1 aromatic carbocycles. The fraction of sp³-hybridized carbons (Fsp3) is 0.231. The summed E-state index contributed by atoms with van der Waals surface area (Å²) < 4.78 is 5.02. The van der Waals surface area contributed by atoms with Gasteiger partial charge in [-0.3, -0.25) is 0 Å². The van der Waals surface area contributed by atoms with E-state index in [-0.39, 0.29) is 35.4 Å². The number of esters is 1. The first-order valence-electron chi connectivity index (χ1n) is 6.23. The third-order valence-electron chi connectivity index (χ3n) is 2.62. The monoisotopic (exact) mass is 305 g/mol. The molecular formula is C13H15N5O4. The maximum Gasteiger partial charge on any atom is 0.342 e. The van der Waals surface area contributed by atoms with Crippen LogP contribution in [0.3, 0.4) is 0 Å². The standard InChI is InChI=1S/C13H15N5O4/c1-18(2)13-16-10(15-12(14)17-13)6-22-11(21)8-4-3-7(19)5-9(8)20/h3-5,19-20H,6H2,1-2H3,(H2,14,15,16,17). The van der Waals surface area contributed by atoms with Crippen molar-refractivity contribution in [2.24, 2.45) is 0 Å². The molecule has 0 fully saturated rings. The summed E-state index contributed by atoms with van der Waals surface area (Å²) in [6.45, 7) is -0.229. The van der Waals surface area contributed by atoms with Crippen molar-refractivity contribution in [3.63, 3.8) is 0 Å². The minimum absolute atomic E-state index is 0.0113. The summed E-state index contributed by atoms with van der Waals surface area (Å²) in [5.41, 5.74) is 5.48. The van der Waals surface area contributed by atoms with Crippen LogP contribution in [0, 0.1) is 0 Å². The molecule has 0 amide bonds. The molecule has 0 aliphatic rings. The highest BCUT2D eigenvalue weighted by molar-refractivity contribution is 5.92. The van der Waals surface area contributed by atoms with Crippen molar-refractivity contribution < 1.29 is 19.7 Å². The normalized spacial score (nSPS) is 10.3. The number of phenolic OH excluding ortho intramolecular Hbond substituents is 2. The third kappa shape index (κ3) is 3.51. The van der Waals surface area contributed by atoms with Gasteiger partial charge in [0.1, 0.15) is 17.1 Å². The maximum atomic E-state index is 11.9. The van der Waals surface area contributed by atoms with Crippen LogP contribution < -0.4 is 10.6 Å². The van der Waals surface area contributed by atoms with Crippen molar-refractivity contribution >= 4 is 17.9 Å². The quantitative estimate of drug-likeness (QED) is 0.681. The lowest BCUT2D eigenvalue weighted by atomic mass is 10.2. The van der Waals surface area contributed by atoms with E-state index in [1.165, 1.54) is 12.1 Å². The summed E-state index contributed by atoms with van der Waals surface area (Å²) in [5.74, 6) is -0.780. The van der Waals surface area contributed by atoms with Crippen LogP contribution in [-0.4, -0.2) is 45.2 Å². The summed E-state index contributed by atoms with van der Waals surface area (Å²) in [5, 5.41) is 18.8. The Morgan fingerprint density at radius 2 is 2.00 bits per heavy atom. The SMILES string of the molecule is CN(C)c1nc(N)nc(COC(=O)c2ccc(O)cc2O)n1. The Kier molecular flexibility index (Phi) is 4.25. The molecule has 2 rings (SSSR count). The number of anilines is 2. The second-order valence-electron chi connectivity index (χ2n) is 4.58. The Hall–Kier alpha value is -3.10. The van der Waals surface area contributed by atoms with Crippen LogP contribution in [0.25, 0.3) is 0 Å². The highest BCUT2D eigenvalue weighted by Gasteiger charge is 2.15. The summed E-state index contributed by atoms with van der Waals surface area (Å²) in [4.78, 5) is 25.4. The molecule has 22 heavy (non-hydrogen) atoms. The lowest BCUT2D eigenvalue weighted by molar-refractivity contribution is 0.0459. The van der Waals surface area contributed by atoms with Gasteiger partial charge in [0.15, 0.2) is 12.4 Å². The number of benzene rings is 1. The molecule has 116 valence electrons. The number of nitrogen functional groups attached to an aromatic ring is 1. The molecule has 0 spiro atoms. The van der Waals surface area contributed by atoms with Crippen LogP contribution in [-0.2, 0) is 11.3 Å². The average molecular weight is 305 g/mol. The van der Waals surface area contributed by atoms with Gasteiger partial charge in [0.25, 0.3) is 0 Å². The molecular weight excluding hydrogens is 290 g/mol. The van der Waals surface area contributed by atoms with Crippen molar-refractivity contribution in [1.29, 1.82) is 0 Å². The third-order valence-corrected chi connectivity index (χ3v) is 2.62. The van der Waals surface area contributed by atoms with E-state index in [0.29, 0.717) is 5.95 Å². The van der Waals surface area contributed by atoms with E-state index in [1.807, 2.05) is 0 Å². The molecule has 0 aliphatic heterocycles. The molecule has 9 heteroatoms. The van der Waals surface area contributed by atoms with Gasteiger partial charge in [-0.05, 0) is 12.1 Å². The summed E-state index contributed by atoms with van der Waals surface area (Å²) in [6.07, 6.45) is 0. The summed E-state index contributed by atoms with van der Waals surface area (Å²) in [6, 6.07) is 3.56. The number of ether oxygens (including phenoxy) is 1. The van der Waals surface area contributed by atoms with Gasteiger partial charge in [-0.15, -0.1) is 0 Å². The molecule has 2 aromatic rings. The van der Waals surface area contributed by atoms with E-state index in [9.17, 15) is 15.0 Å². The number of aromatic nitrogens is 3. The van der Waals surface area contributed by atoms with Gasteiger partial charge in [0, 0.05) is 20.2 Å². The number of nitrogens with two attached hydrogens (primary N) is 1. The number of carbonyl (C=O) groups excluding carboxylic acids is 1. The number of phenols is 2. The highest BCUT2D eigenvalue weighted by Crippen LogP contribution is 2.23. The number of aromatic hydroxyl groups is 2. The number of hydrogen-bond donors (Lipinski definition) is 3. The largest absolute Gasteiger partial charge is 0.508 e. The zero-order chi connectivity index (χ0) is 16.3. The van der Waals surface area contributed by atoms with Crippen LogP contribution in [0.5, 0.6) is 11.5 Å². The fourth-order valence-corrected chi connectivity index (χ4v) is 1.59. The van der Waals surface area contributed by atoms with Gasteiger partial charge in [0.05, 0.1) is 0 Å². The number of rotatable bonds is 4. The van der Waals surface area contributed by atoms with Gasteiger partial charge >= 0.3 is 5.97 Å². The van der Waals surface area contributed by atoms with Gasteiger partial charge in [-0.25, -0.2) is 4.79 Å². The lowest BCUT2D eigenvalue weighted by Gasteiger charge is -2.11. The van der Waals surface area contributed by atoms with E-state index < -0.39 is 5.97 Å². The van der Waals surface area contributed by atoms with Crippen LogP contribution in [0.15, 0.2) is 18.2 Å². The summed E-state index contributed by atoms with van der Waals surface area (Å²) >= 11 is 0. The van der Waals surface area contributed by atoms with Crippen LogP contribution in [0.1, 0.15) is 16.2 Å². The molecule has 0 bridgehead atoms. The molecule has 0 radical (unpaired) electrons. The van der Waals surface area contributed by atoms with Crippen molar-refractivity contribution in [3.05, 3.63) is 29.6 Å². The molecule has 1 aromatic heterocycles. The summed E-state index contributed by atoms with van der Waals surface area (Å²) in [7, 11) is 3.47. The molecule has 0 saturated heterocycles. The number of hydrogen-bond acceptors (Lipinski definition) is 9. The van der Waals surface area contributed by atoms with Crippen molar-refractivity contribution in [2.75, 3.05) is 24.7 Å². The van der Waals surface area contributed by atoms with Crippen LogP contribution in [0.4, 0.5) is 11.9 Å². The Labute approximate surface area is 126 Å². The molecule has 1 heterocycles. The van der Waals surface area contributed by atoms with Crippen molar-refractivity contribution in [2.45, 2.75) is 6.61 Å². The highest BCUT2D eigenvalue weighted by atomic mass is 16.5.